The van der Waals surface area contributed by atoms with Gasteiger partial charge in [-0.1, -0.05) is 0 Å². The van der Waals surface area contributed by atoms with Crippen LogP contribution in [-0.2, 0) is 6.42 Å². The van der Waals surface area contributed by atoms with Crippen LogP contribution in [0.4, 0.5) is 0 Å². The van der Waals surface area contributed by atoms with Gasteiger partial charge >= 0.3 is 132 Å². The number of benzene rings is 2. The van der Waals surface area contributed by atoms with E-state index in [1.807, 2.05) is 6.07 Å². The van der Waals surface area contributed by atoms with Crippen LogP contribution < -0.4 is 4.46 Å². The molecule has 106 valence electrons. The van der Waals surface area contributed by atoms with Crippen molar-refractivity contribution < 1.29 is 4.42 Å². The van der Waals surface area contributed by atoms with E-state index in [9.17, 15) is 0 Å². The summed E-state index contributed by atoms with van der Waals surface area (Å²) in [7, 11) is 0. The molecular formula is C19H18OSe. The van der Waals surface area contributed by atoms with Crippen molar-refractivity contribution in [2.45, 2.75) is 17.7 Å². The molecule has 0 bridgehead atoms. The zero-order valence-electron chi connectivity index (χ0n) is 11.8. The molecule has 0 saturated heterocycles. The number of aryl methyl sites for hydroxylation is 1. The van der Waals surface area contributed by atoms with Crippen LogP contribution in [0.15, 0.2) is 83.5 Å². The molecule has 1 aromatic heterocycles. The van der Waals surface area contributed by atoms with Gasteiger partial charge in [-0.2, -0.15) is 0 Å². The summed E-state index contributed by atoms with van der Waals surface area (Å²) in [5, 5.41) is 0. The Bertz CT molecular complexity index is 632. The van der Waals surface area contributed by atoms with Crippen LogP contribution in [0, 0.1) is 0 Å². The standard InChI is InChI=1S/C19H18OSe/c1-3-8-16(9-4-1)13-14-19(18-12-7-15-20-18)21-17-10-5-2-6-11-17/h1-12,15,19H,13-14H2. The third-order valence-corrected chi connectivity index (χ3v) is 6.14. The van der Waals surface area contributed by atoms with Crippen LogP contribution >= 0.6 is 0 Å². The molecule has 0 radical (unpaired) electrons. The van der Waals surface area contributed by atoms with Gasteiger partial charge in [0.05, 0.1) is 0 Å². The van der Waals surface area contributed by atoms with Gasteiger partial charge in [-0.25, -0.2) is 0 Å². The Morgan fingerprint density at radius 3 is 2.19 bits per heavy atom. The Morgan fingerprint density at radius 2 is 1.52 bits per heavy atom. The molecule has 1 atom stereocenters. The summed E-state index contributed by atoms with van der Waals surface area (Å²) in [6.07, 6.45) is 4.01. The summed E-state index contributed by atoms with van der Waals surface area (Å²) in [5.41, 5.74) is 1.40. The molecule has 0 saturated carbocycles. The minimum atomic E-state index is 0.397. The third kappa shape index (κ3) is 4.10. The van der Waals surface area contributed by atoms with Gasteiger partial charge in [-0.05, 0) is 0 Å². The van der Waals surface area contributed by atoms with Crippen molar-refractivity contribution in [3.63, 3.8) is 0 Å². The Labute approximate surface area is 132 Å². The number of hydrogen-bond donors (Lipinski definition) is 0. The van der Waals surface area contributed by atoms with Gasteiger partial charge in [0.1, 0.15) is 0 Å². The van der Waals surface area contributed by atoms with Crippen LogP contribution in [0.1, 0.15) is 22.6 Å². The molecule has 3 rings (SSSR count). The van der Waals surface area contributed by atoms with Crippen LogP contribution in [-0.4, -0.2) is 15.0 Å². The summed E-state index contributed by atoms with van der Waals surface area (Å²) in [6, 6.07) is 25.6. The van der Waals surface area contributed by atoms with Crippen LogP contribution in [0.2, 0.25) is 0 Å². The fraction of sp³-hybridized carbons (Fsp3) is 0.158. The summed E-state index contributed by atoms with van der Waals surface area (Å²) in [6.45, 7) is 0. The molecule has 21 heavy (non-hydrogen) atoms. The molecule has 2 aromatic carbocycles. The fourth-order valence-electron chi connectivity index (χ4n) is 2.34. The molecule has 3 aromatic rings. The summed E-state index contributed by atoms with van der Waals surface area (Å²) in [4.78, 5) is 0.495. The predicted octanol–water partition coefficient (Wildman–Crippen LogP) is 3.98. The first-order valence-corrected chi connectivity index (χ1v) is 9.05. The topological polar surface area (TPSA) is 13.1 Å². The van der Waals surface area contributed by atoms with Crippen molar-refractivity contribution in [1.29, 1.82) is 0 Å². The van der Waals surface area contributed by atoms with Crippen molar-refractivity contribution in [2.75, 3.05) is 0 Å². The zero-order valence-corrected chi connectivity index (χ0v) is 13.5. The Morgan fingerprint density at radius 1 is 0.810 bits per heavy atom. The van der Waals surface area contributed by atoms with E-state index in [0.717, 1.165) is 18.6 Å². The molecule has 0 aliphatic rings. The van der Waals surface area contributed by atoms with Gasteiger partial charge in [-0.3, -0.25) is 0 Å². The minimum absolute atomic E-state index is 0.397. The maximum absolute atomic E-state index is 5.67. The Hall–Kier alpha value is -1.76. The van der Waals surface area contributed by atoms with E-state index in [4.69, 9.17) is 4.42 Å². The first-order chi connectivity index (χ1) is 10.4. The monoisotopic (exact) mass is 342 g/mol. The molecule has 2 heteroatoms. The van der Waals surface area contributed by atoms with Crippen LogP contribution in [0.3, 0.4) is 0 Å². The van der Waals surface area contributed by atoms with Crippen LogP contribution in [0.5, 0.6) is 0 Å². The predicted molar refractivity (Wildman–Crippen MR) is 88.0 cm³/mol. The summed E-state index contributed by atoms with van der Waals surface area (Å²) in [5.74, 6) is 1.12. The maximum atomic E-state index is 5.67. The first-order valence-electron chi connectivity index (χ1n) is 7.21. The first kappa shape index (κ1) is 14.2. The second-order valence-corrected chi connectivity index (χ2v) is 7.64. The molecule has 1 heterocycles. The van der Waals surface area contributed by atoms with Crippen molar-refractivity contribution in [1.82, 2.24) is 0 Å². The number of furan rings is 1. The van der Waals surface area contributed by atoms with E-state index < -0.39 is 0 Å². The molecule has 0 N–H and O–H groups in total. The van der Waals surface area contributed by atoms with E-state index in [1.54, 1.807) is 6.26 Å². The van der Waals surface area contributed by atoms with Gasteiger partial charge in [0.15, 0.2) is 0 Å². The fourth-order valence-corrected chi connectivity index (χ4v) is 4.71. The van der Waals surface area contributed by atoms with Crippen molar-refractivity contribution in [2.24, 2.45) is 0 Å². The van der Waals surface area contributed by atoms with Gasteiger partial charge < -0.3 is 0 Å². The number of rotatable bonds is 6. The van der Waals surface area contributed by atoms with E-state index in [0.29, 0.717) is 19.8 Å². The number of hydrogen-bond acceptors (Lipinski definition) is 1. The second-order valence-electron chi connectivity index (χ2n) is 4.96. The van der Waals surface area contributed by atoms with Crippen LogP contribution in [0.25, 0.3) is 0 Å². The van der Waals surface area contributed by atoms with E-state index in [1.165, 1.54) is 10.0 Å². The zero-order chi connectivity index (χ0) is 14.3. The molecule has 0 aliphatic carbocycles. The molecule has 0 fully saturated rings. The molecule has 1 nitrogen and oxygen atoms in total. The van der Waals surface area contributed by atoms with E-state index in [2.05, 4.69) is 66.7 Å². The van der Waals surface area contributed by atoms with Gasteiger partial charge in [0.2, 0.25) is 0 Å². The summed E-state index contributed by atoms with van der Waals surface area (Å²) < 4.78 is 7.10. The molecule has 0 spiro atoms. The van der Waals surface area contributed by atoms with Crippen molar-refractivity contribution in [3.05, 3.63) is 90.4 Å². The SMILES string of the molecule is c1ccc(CCC([Se]c2ccccc2)c2ccco2)cc1. The van der Waals surface area contributed by atoms with Crippen molar-refractivity contribution >= 4 is 19.4 Å². The van der Waals surface area contributed by atoms with Crippen molar-refractivity contribution in [3.8, 4) is 0 Å². The summed E-state index contributed by atoms with van der Waals surface area (Å²) >= 11 is 0.397. The second kappa shape index (κ2) is 7.31. The normalized spacial score (nSPS) is 12.2. The third-order valence-electron chi connectivity index (χ3n) is 3.42. The van der Waals surface area contributed by atoms with E-state index in [-0.39, 0.29) is 0 Å². The quantitative estimate of drug-likeness (QED) is 0.618. The average Bonchev–Trinajstić information content (AvgIpc) is 3.08. The Balaban J connectivity index is 1.71. The Kier molecular flexibility index (Phi) is 4.94. The van der Waals surface area contributed by atoms with E-state index >= 15 is 0 Å². The van der Waals surface area contributed by atoms with Gasteiger partial charge in [-0.15, -0.1) is 0 Å². The molecule has 0 amide bonds. The average molecular weight is 341 g/mol. The van der Waals surface area contributed by atoms with Gasteiger partial charge in [0, 0.05) is 0 Å². The van der Waals surface area contributed by atoms with Gasteiger partial charge in [0.25, 0.3) is 0 Å². The molecule has 1 unspecified atom stereocenters. The molecular weight excluding hydrogens is 323 g/mol. The molecule has 0 aliphatic heterocycles.